The van der Waals surface area contributed by atoms with Crippen LogP contribution < -0.4 is 10.6 Å². The first-order valence-corrected chi connectivity index (χ1v) is 9.74. The highest BCUT2D eigenvalue weighted by Crippen LogP contribution is 2.11. The second-order valence-electron chi connectivity index (χ2n) is 6.75. The molecule has 1 unspecified atom stereocenters. The summed E-state index contributed by atoms with van der Waals surface area (Å²) in [6.07, 6.45) is 8.86. The lowest BCUT2D eigenvalue weighted by atomic mass is 10.2. The lowest BCUT2D eigenvalue weighted by Crippen LogP contribution is -2.38. The van der Waals surface area contributed by atoms with E-state index in [0.717, 1.165) is 51.7 Å². The predicted molar refractivity (Wildman–Crippen MR) is 114 cm³/mol. The molecule has 25 heavy (non-hydrogen) atoms. The Morgan fingerprint density at radius 1 is 1.12 bits per heavy atom. The van der Waals surface area contributed by atoms with E-state index in [1.165, 1.54) is 51.7 Å². The van der Waals surface area contributed by atoms with Crippen LogP contribution in [0, 0.1) is 0 Å². The molecule has 0 aromatic carbocycles. The van der Waals surface area contributed by atoms with Crippen molar-refractivity contribution in [1.82, 2.24) is 15.5 Å². The number of nitrogens with one attached hydrogen (secondary N) is 2. The molecule has 6 nitrogen and oxygen atoms in total. The normalized spacial score (nSPS) is 21.3. The van der Waals surface area contributed by atoms with Gasteiger partial charge in [-0.15, -0.1) is 24.0 Å². The van der Waals surface area contributed by atoms with Gasteiger partial charge in [-0.3, -0.25) is 4.99 Å². The van der Waals surface area contributed by atoms with Crippen molar-refractivity contribution in [2.75, 3.05) is 59.6 Å². The molecule has 0 bridgehead atoms. The van der Waals surface area contributed by atoms with Gasteiger partial charge in [0.15, 0.2) is 5.96 Å². The standard InChI is InChI=1S/C18H36N4O2.HI/c1-19-18(20-9-2-3-11-22-12-4-5-13-22)21-10-7-14-23-16-17-8-6-15-24-17;/h17H,2-16H2,1H3,(H2,19,20,21);1H. The molecule has 2 aliphatic heterocycles. The average Bonchev–Trinajstić information content (AvgIpc) is 3.29. The maximum atomic E-state index is 5.66. The topological polar surface area (TPSA) is 58.1 Å². The number of rotatable bonds is 11. The molecule has 0 saturated carbocycles. The van der Waals surface area contributed by atoms with E-state index in [1.807, 2.05) is 7.05 Å². The summed E-state index contributed by atoms with van der Waals surface area (Å²) in [4.78, 5) is 6.84. The summed E-state index contributed by atoms with van der Waals surface area (Å²) in [5.41, 5.74) is 0. The number of unbranched alkanes of at least 4 members (excludes halogenated alkanes) is 1. The van der Waals surface area contributed by atoms with E-state index in [0.29, 0.717) is 6.10 Å². The summed E-state index contributed by atoms with van der Waals surface area (Å²) in [7, 11) is 1.83. The molecule has 7 heteroatoms. The number of likely N-dealkylation sites (tertiary alicyclic amines) is 1. The second-order valence-corrected chi connectivity index (χ2v) is 6.75. The zero-order valence-corrected chi connectivity index (χ0v) is 18.1. The minimum absolute atomic E-state index is 0. The van der Waals surface area contributed by atoms with E-state index in [-0.39, 0.29) is 24.0 Å². The minimum atomic E-state index is 0. The summed E-state index contributed by atoms with van der Waals surface area (Å²) in [6.45, 7) is 8.13. The number of halogens is 1. The minimum Gasteiger partial charge on any atom is -0.379 e. The Morgan fingerprint density at radius 2 is 1.88 bits per heavy atom. The van der Waals surface area contributed by atoms with E-state index in [2.05, 4.69) is 20.5 Å². The van der Waals surface area contributed by atoms with Crippen LogP contribution in [0.2, 0.25) is 0 Å². The van der Waals surface area contributed by atoms with Crippen LogP contribution in [0.5, 0.6) is 0 Å². The van der Waals surface area contributed by atoms with Gasteiger partial charge in [-0.1, -0.05) is 0 Å². The van der Waals surface area contributed by atoms with Gasteiger partial charge in [0.1, 0.15) is 0 Å². The van der Waals surface area contributed by atoms with Crippen molar-refractivity contribution in [3.8, 4) is 0 Å². The van der Waals surface area contributed by atoms with Gasteiger partial charge in [0.05, 0.1) is 12.7 Å². The van der Waals surface area contributed by atoms with Gasteiger partial charge in [-0.2, -0.15) is 0 Å². The van der Waals surface area contributed by atoms with Crippen molar-refractivity contribution < 1.29 is 9.47 Å². The Labute approximate surface area is 170 Å². The molecular formula is C18H37IN4O2. The monoisotopic (exact) mass is 468 g/mol. The van der Waals surface area contributed by atoms with Gasteiger partial charge in [0, 0.05) is 33.4 Å². The highest BCUT2D eigenvalue weighted by atomic mass is 127. The maximum Gasteiger partial charge on any atom is 0.190 e. The number of ether oxygens (including phenoxy) is 2. The van der Waals surface area contributed by atoms with Gasteiger partial charge in [0.25, 0.3) is 0 Å². The molecule has 2 N–H and O–H groups in total. The van der Waals surface area contributed by atoms with E-state index >= 15 is 0 Å². The summed E-state index contributed by atoms with van der Waals surface area (Å²) in [5.74, 6) is 0.898. The van der Waals surface area contributed by atoms with Crippen LogP contribution in [0.3, 0.4) is 0 Å². The summed E-state index contributed by atoms with van der Waals surface area (Å²) < 4.78 is 11.2. The second kappa shape index (κ2) is 15.0. The molecule has 0 amide bonds. The molecule has 2 saturated heterocycles. The first-order chi connectivity index (χ1) is 11.9. The van der Waals surface area contributed by atoms with Gasteiger partial charge in [0.2, 0.25) is 0 Å². The SMILES string of the molecule is CN=C(NCCCCN1CCCC1)NCCCOCC1CCCO1.I. The Bertz CT molecular complexity index is 346. The smallest absolute Gasteiger partial charge is 0.190 e. The third-order valence-corrected chi connectivity index (χ3v) is 4.70. The van der Waals surface area contributed by atoms with Crippen LogP contribution in [-0.4, -0.2) is 76.6 Å². The van der Waals surface area contributed by atoms with Crippen LogP contribution in [0.4, 0.5) is 0 Å². The molecule has 0 spiro atoms. The molecule has 0 radical (unpaired) electrons. The van der Waals surface area contributed by atoms with Gasteiger partial charge >= 0.3 is 0 Å². The summed E-state index contributed by atoms with van der Waals surface area (Å²) in [5, 5.41) is 6.74. The molecule has 148 valence electrons. The van der Waals surface area contributed by atoms with Gasteiger partial charge in [-0.25, -0.2) is 0 Å². The van der Waals surface area contributed by atoms with Crippen LogP contribution in [0.25, 0.3) is 0 Å². The molecular weight excluding hydrogens is 431 g/mol. The molecule has 2 aliphatic rings. The number of nitrogens with zero attached hydrogens (tertiary/aromatic N) is 2. The Balaban J connectivity index is 0.00000312. The van der Waals surface area contributed by atoms with Gasteiger partial charge in [-0.05, 0) is 64.6 Å². The third kappa shape index (κ3) is 10.6. The van der Waals surface area contributed by atoms with E-state index in [4.69, 9.17) is 9.47 Å². The van der Waals surface area contributed by atoms with Crippen molar-refractivity contribution in [2.45, 2.75) is 51.0 Å². The van der Waals surface area contributed by atoms with Crippen LogP contribution in [-0.2, 0) is 9.47 Å². The first kappa shape index (κ1) is 22.9. The van der Waals surface area contributed by atoms with Crippen LogP contribution in [0.15, 0.2) is 4.99 Å². The zero-order chi connectivity index (χ0) is 16.9. The van der Waals surface area contributed by atoms with Crippen molar-refractivity contribution in [3.05, 3.63) is 0 Å². The van der Waals surface area contributed by atoms with Crippen molar-refractivity contribution in [2.24, 2.45) is 4.99 Å². The fourth-order valence-corrected chi connectivity index (χ4v) is 3.27. The first-order valence-electron chi connectivity index (χ1n) is 9.74. The Hall–Kier alpha value is -0.120. The molecule has 0 aliphatic carbocycles. The zero-order valence-electron chi connectivity index (χ0n) is 15.8. The van der Waals surface area contributed by atoms with E-state index in [9.17, 15) is 0 Å². The van der Waals surface area contributed by atoms with Crippen LogP contribution in [0.1, 0.15) is 44.9 Å². The Kier molecular flexibility index (Phi) is 13.7. The average molecular weight is 468 g/mol. The van der Waals surface area contributed by atoms with Crippen LogP contribution >= 0.6 is 24.0 Å². The number of hydrogen-bond donors (Lipinski definition) is 2. The highest BCUT2D eigenvalue weighted by molar-refractivity contribution is 14.0. The quantitative estimate of drug-likeness (QED) is 0.211. The molecule has 0 aromatic rings. The van der Waals surface area contributed by atoms with Crippen molar-refractivity contribution in [1.29, 1.82) is 0 Å². The summed E-state index contributed by atoms with van der Waals surface area (Å²) >= 11 is 0. The molecule has 2 fully saturated rings. The molecule has 2 heterocycles. The molecule has 0 aromatic heterocycles. The number of aliphatic imine (C=N–C) groups is 1. The molecule has 1 atom stereocenters. The lowest BCUT2D eigenvalue weighted by Gasteiger charge is -2.15. The molecule has 2 rings (SSSR count). The summed E-state index contributed by atoms with van der Waals surface area (Å²) in [6, 6.07) is 0. The fraction of sp³-hybridized carbons (Fsp3) is 0.944. The number of hydrogen-bond acceptors (Lipinski definition) is 4. The number of guanidine groups is 1. The lowest BCUT2D eigenvalue weighted by molar-refractivity contribution is 0.0168. The van der Waals surface area contributed by atoms with Crippen molar-refractivity contribution in [3.63, 3.8) is 0 Å². The maximum absolute atomic E-state index is 5.66. The largest absolute Gasteiger partial charge is 0.379 e. The van der Waals surface area contributed by atoms with E-state index in [1.54, 1.807) is 0 Å². The Morgan fingerprint density at radius 3 is 2.56 bits per heavy atom. The van der Waals surface area contributed by atoms with Crippen molar-refractivity contribution >= 4 is 29.9 Å². The van der Waals surface area contributed by atoms with E-state index < -0.39 is 0 Å². The predicted octanol–water partition coefficient (Wildman–Crippen LogP) is 2.23. The van der Waals surface area contributed by atoms with Gasteiger partial charge < -0.3 is 25.0 Å². The third-order valence-electron chi connectivity index (χ3n) is 4.70. The fourth-order valence-electron chi connectivity index (χ4n) is 3.27. The highest BCUT2D eigenvalue weighted by Gasteiger charge is 2.14.